The molecule has 0 saturated heterocycles. The van der Waals surface area contributed by atoms with Crippen molar-refractivity contribution < 1.29 is 17.6 Å². The molecule has 0 N–H and O–H groups in total. The van der Waals surface area contributed by atoms with Crippen molar-refractivity contribution in [2.75, 3.05) is 0 Å². The van der Waals surface area contributed by atoms with Crippen LogP contribution in [-0.2, 0) is 6.42 Å². The van der Waals surface area contributed by atoms with Gasteiger partial charge in [0.15, 0.2) is 5.82 Å². The fraction of sp³-hybridized carbons (Fsp3) is 0.261. The summed E-state index contributed by atoms with van der Waals surface area (Å²) in [5, 5.41) is 8.73. The number of halogens is 4. The quantitative estimate of drug-likeness (QED) is 0.334. The molecule has 1 heterocycles. The third-order valence-electron chi connectivity index (χ3n) is 4.77. The summed E-state index contributed by atoms with van der Waals surface area (Å²) in [6.45, 7) is 2.13. The normalized spacial score (nSPS) is 10.8. The van der Waals surface area contributed by atoms with Gasteiger partial charge >= 0.3 is 0 Å². The molecule has 0 saturated carbocycles. The highest BCUT2D eigenvalue weighted by atomic mass is 19.1. The van der Waals surface area contributed by atoms with Crippen molar-refractivity contribution in [3.63, 3.8) is 0 Å². The zero-order valence-electron chi connectivity index (χ0n) is 16.4. The third-order valence-corrected chi connectivity index (χ3v) is 4.77. The van der Waals surface area contributed by atoms with Crippen molar-refractivity contribution in [2.45, 2.75) is 39.0 Å². The van der Waals surface area contributed by atoms with Crippen molar-refractivity contribution in [1.82, 2.24) is 9.97 Å². The Labute approximate surface area is 172 Å². The van der Waals surface area contributed by atoms with E-state index >= 15 is 0 Å². The Kier molecular flexibility index (Phi) is 6.78. The molecular formula is C23H19F4N3. The Morgan fingerprint density at radius 3 is 1.90 bits per heavy atom. The van der Waals surface area contributed by atoms with Gasteiger partial charge in [0.25, 0.3) is 0 Å². The van der Waals surface area contributed by atoms with Crippen LogP contribution in [0.4, 0.5) is 17.6 Å². The number of hydrogen-bond acceptors (Lipinski definition) is 3. The molecule has 30 heavy (non-hydrogen) atoms. The minimum atomic E-state index is -1.19. The maximum absolute atomic E-state index is 14.6. The molecule has 0 atom stereocenters. The molecule has 3 aromatic rings. The van der Waals surface area contributed by atoms with E-state index in [2.05, 4.69) is 16.9 Å². The first-order valence-electron chi connectivity index (χ1n) is 9.64. The number of aromatic nitrogens is 2. The topological polar surface area (TPSA) is 49.6 Å². The van der Waals surface area contributed by atoms with Crippen LogP contribution in [0.5, 0.6) is 0 Å². The first-order valence-corrected chi connectivity index (χ1v) is 9.64. The number of rotatable bonds is 7. The molecule has 0 fully saturated rings. The second-order valence-electron chi connectivity index (χ2n) is 6.97. The molecule has 154 valence electrons. The molecule has 0 aliphatic heterocycles. The van der Waals surface area contributed by atoms with Crippen molar-refractivity contribution in [3.8, 4) is 28.6 Å². The van der Waals surface area contributed by atoms with Gasteiger partial charge in [0.05, 0.1) is 5.56 Å². The maximum Gasteiger partial charge on any atom is 0.159 e. The highest BCUT2D eigenvalue weighted by Gasteiger charge is 2.19. The van der Waals surface area contributed by atoms with Crippen molar-refractivity contribution in [1.29, 1.82) is 5.26 Å². The Bertz CT molecular complexity index is 1040. The van der Waals surface area contributed by atoms with E-state index in [4.69, 9.17) is 5.26 Å². The summed E-state index contributed by atoms with van der Waals surface area (Å²) in [6.07, 6.45) is 8.53. The molecular weight excluding hydrogens is 394 g/mol. The Hall–Kier alpha value is -3.27. The van der Waals surface area contributed by atoms with Gasteiger partial charge in [0.1, 0.15) is 34.9 Å². The average Bonchev–Trinajstić information content (AvgIpc) is 2.71. The fourth-order valence-electron chi connectivity index (χ4n) is 3.19. The standard InChI is InChI=1S/C23H19F4N3/c1-2-3-4-5-6-14-12-29-23(30-13-14)16-9-20(26)22(21(27)10-16)15-7-18(24)17(11-28)19(25)8-15/h7-10,12-13H,2-6H2,1H3. The van der Waals surface area contributed by atoms with Crippen LogP contribution in [0.25, 0.3) is 22.5 Å². The van der Waals surface area contributed by atoms with E-state index < -0.39 is 34.4 Å². The summed E-state index contributed by atoms with van der Waals surface area (Å²) in [5.74, 6) is -4.25. The Morgan fingerprint density at radius 2 is 1.37 bits per heavy atom. The summed E-state index contributed by atoms with van der Waals surface area (Å²) >= 11 is 0. The lowest BCUT2D eigenvalue weighted by molar-refractivity contribution is 0.573. The molecule has 7 heteroatoms. The SMILES string of the molecule is CCCCCCc1cnc(-c2cc(F)c(-c3cc(F)c(C#N)c(F)c3)c(F)c2)nc1. The first-order chi connectivity index (χ1) is 14.4. The summed E-state index contributed by atoms with van der Waals surface area (Å²) in [4.78, 5) is 8.37. The van der Waals surface area contributed by atoms with Crippen LogP contribution in [0, 0.1) is 34.6 Å². The van der Waals surface area contributed by atoms with E-state index in [1.165, 1.54) is 6.07 Å². The molecule has 0 radical (unpaired) electrons. The number of hydrogen-bond donors (Lipinski definition) is 0. The van der Waals surface area contributed by atoms with Crippen molar-refractivity contribution >= 4 is 0 Å². The molecule has 0 amide bonds. The van der Waals surface area contributed by atoms with E-state index in [0.29, 0.717) is 0 Å². The van der Waals surface area contributed by atoms with Gasteiger partial charge in [-0.1, -0.05) is 26.2 Å². The first kappa shape index (κ1) is 21.4. The van der Waals surface area contributed by atoms with E-state index in [1.807, 2.05) is 0 Å². The molecule has 3 nitrogen and oxygen atoms in total. The molecule has 0 bridgehead atoms. The van der Waals surface area contributed by atoms with Gasteiger partial charge in [0.2, 0.25) is 0 Å². The highest BCUT2D eigenvalue weighted by molar-refractivity contribution is 5.70. The molecule has 0 spiro atoms. The lowest BCUT2D eigenvalue weighted by atomic mass is 10.00. The van der Waals surface area contributed by atoms with E-state index in [9.17, 15) is 17.6 Å². The van der Waals surface area contributed by atoms with Gasteiger partial charge in [-0.25, -0.2) is 27.5 Å². The number of nitrogens with zero attached hydrogens (tertiary/aromatic N) is 3. The zero-order valence-corrected chi connectivity index (χ0v) is 16.4. The lowest BCUT2D eigenvalue weighted by Crippen LogP contribution is -1.98. The minimum Gasteiger partial charge on any atom is -0.236 e. The molecule has 0 unspecified atom stereocenters. The van der Waals surface area contributed by atoms with Gasteiger partial charge in [-0.3, -0.25) is 0 Å². The van der Waals surface area contributed by atoms with Crippen molar-refractivity contribution in [3.05, 3.63) is 71.1 Å². The lowest BCUT2D eigenvalue weighted by Gasteiger charge is -2.09. The van der Waals surface area contributed by atoms with Crippen molar-refractivity contribution in [2.24, 2.45) is 0 Å². The Morgan fingerprint density at radius 1 is 0.800 bits per heavy atom. The van der Waals surface area contributed by atoms with E-state index in [0.717, 1.165) is 61.9 Å². The van der Waals surface area contributed by atoms with Crippen LogP contribution in [0.2, 0.25) is 0 Å². The van der Waals surface area contributed by atoms with Gasteiger partial charge in [-0.15, -0.1) is 0 Å². The van der Waals surface area contributed by atoms with Crippen LogP contribution < -0.4 is 0 Å². The molecule has 1 aromatic heterocycles. The molecule has 0 aliphatic rings. The molecule has 0 aliphatic carbocycles. The second-order valence-corrected chi connectivity index (χ2v) is 6.97. The largest absolute Gasteiger partial charge is 0.236 e. The van der Waals surface area contributed by atoms with Crippen LogP contribution in [-0.4, -0.2) is 9.97 Å². The summed E-state index contributed by atoms with van der Waals surface area (Å²) in [5.41, 5.74) is -0.682. The van der Waals surface area contributed by atoms with Gasteiger partial charge < -0.3 is 0 Å². The number of benzene rings is 2. The van der Waals surface area contributed by atoms with E-state index in [1.54, 1.807) is 12.4 Å². The predicted octanol–water partition coefficient (Wildman–Crippen LogP) is 6.36. The summed E-state index contributed by atoms with van der Waals surface area (Å²) < 4.78 is 57.0. The number of unbranched alkanes of at least 4 members (excludes halogenated alkanes) is 3. The maximum atomic E-state index is 14.6. The smallest absolute Gasteiger partial charge is 0.159 e. The summed E-state index contributed by atoms with van der Waals surface area (Å²) in [6, 6.07) is 4.86. The van der Waals surface area contributed by atoms with Gasteiger partial charge in [-0.05, 0) is 48.2 Å². The predicted molar refractivity (Wildman–Crippen MR) is 105 cm³/mol. The third kappa shape index (κ3) is 4.65. The number of aryl methyl sites for hydroxylation is 1. The van der Waals surface area contributed by atoms with Gasteiger partial charge in [0, 0.05) is 18.0 Å². The number of nitriles is 1. The summed E-state index contributed by atoms with van der Waals surface area (Å²) in [7, 11) is 0. The average molecular weight is 413 g/mol. The van der Waals surface area contributed by atoms with Crippen LogP contribution in [0.1, 0.15) is 43.7 Å². The highest BCUT2D eigenvalue weighted by Crippen LogP contribution is 2.32. The van der Waals surface area contributed by atoms with Crippen LogP contribution >= 0.6 is 0 Å². The zero-order chi connectivity index (χ0) is 21.7. The minimum absolute atomic E-state index is 0.112. The van der Waals surface area contributed by atoms with Crippen LogP contribution in [0.15, 0.2) is 36.7 Å². The van der Waals surface area contributed by atoms with E-state index in [-0.39, 0.29) is 17.0 Å². The van der Waals surface area contributed by atoms with Gasteiger partial charge in [-0.2, -0.15) is 5.26 Å². The second kappa shape index (κ2) is 9.49. The fourth-order valence-corrected chi connectivity index (χ4v) is 3.19. The molecule has 2 aromatic carbocycles. The van der Waals surface area contributed by atoms with Crippen LogP contribution in [0.3, 0.4) is 0 Å². The molecule has 3 rings (SSSR count). The monoisotopic (exact) mass is 413 g/mol. The Balaban J connectivity index is 1.87.